The third-order valence-corrected chi connectivity index (χ3v) is 7.48. The molecule has 1 amide bonds. The van der Waals surface area contributed by atoms with Gasteiger partial charge in [-0.1, -0.05) is 48.0 Å². The number of nitrogens with one attached hydrogen (secondary N) is 1. The van der Waals surface area contributed by atoms with Crippen molar-refractivity contribution in [3.05, 3.63) is 125 Å². The molecule has 7 nitrogen and oxygen atoms in total. The van der Waals surface area contributed by atoms with E-state index in [4.69, 9.17) is 4.74 Å². The van der Waals surface area contributed by atoms with E-state index in [0.29, 0.717) is 17.9 Å². The summed E-state index contributed by atoms with van der Waals surface area (Å²) in [5.41, 5.74) is 6.38. The van der Waals surface area contributed by atoms with Crippen molar-refractivity contribution < 1.29 is 17.9 Å². The standard InChI is InChI=1S/C29H27N3O4S/c1-22-8-10-24(11-9-22)21-36-27-18-12-23(13-19-27)20-30-31-29(33)25-14-16-26(17-15-25)32(2)37(34,35)28-6-4-3-5-7-28/h3-20H,21H2,1-2H3,(H,31,33)/b30-20-. The first kappa shape index (κ1) is 25.7. The van der Waals surface area contributed by atoms with Crippen LogP contribution >= 0.6 is 0 Å². The van der Waals surface area contributed by atoms with Crippen molar-refractivity contribution >= 4 is 27.8 Å². The van der Waals surface area contributed by atoms with Crippen molar-refractivity contribution in [1.82, 2.24) is 5.43 Å². The van der Waals surface area contributed by atoms with Crippen LogP contribution < -0.4 is 14.5 Å². The maximum absolute atomic E-state index is 12.8. The highest BCUT2D eigenvalue weighted by Crippen LogP contribution is 2.22. The lowest BCUT2D eigenvalue weighted by atomic mass is 10.2. The predicted octanol–water partition coefficient (Wildman–Crippen LogP) is 5.16. The fourth-order valence-corrected chi connectivity index (χ4v) is 4.66. The molecule has 37 heavy (non-hydrogen) atoms. The number of anilines is 1. The summed E-state index contributed by atoms with van der Waals surface area (Å²) < 4.78 is 32.5. The third-order valence-electron chi connectivity index (χ3n) is 5.68. The summed E-state index contributed by atoms with van der Waals surface area (Å²) in [7, 11) is -2.22. The molecule has 0 aromatic heterocycles. The Morgan fingerprint density at radius 2 is 1.54 bits per heavy atom. The van der Waals surface area contributed by atoms with E-state index in [1.54, 1.807) is 42.5 Å². The molecule has 4 aromatic rings. The van der Waals surface area contributed by atoms with Crippen LogP contribution in [0.5, 0.6) is 5.75 Å². The summed E-state index contributed by atoms with van der Waals surface area (Å²) in [5, 5.41) is 4.01. The zero-order valence-corrected chi connectivity index (χ0v) is 21.4. The zero-order chi connectivity index (χ0) is 26.3. The molecule has 188 valence electrons. The minimum atomic E-state index is -3.69. The van der Waals surface area contributed by atoms with E-state index in [1.165, 1.54) is 35.3 Å². The van der Waals surface area contributed by atoms with Gasteiger partial charge in [0.1, 0.15) is 12.4 Å². The van der Waals surface area contributed by atoms with Crippen molar-refractivity contribution in [2.45, 2.75) is 18.4 Å². The van der Waals surface area contributed by atoms with E-state index in [2.05, 4.69) is 22.7 Å². The molecule has 0 radical (unpaired) electrons. The van der Waals surface area contributed by atoms with Crippen LogP contribution in [-0.4, -0.2) is 27.6 Å². The Hall–Kier alpha value is -4.43. The number of ether oxygens (including phenoxy) is 1. The largest absolute Gasteiger partial charge is 0.489 e. The Bertz CT molecular complexity index is 1470. The quantitative estimate of drug-likeness (QED) is 0.247. The van der Waals surface area contributed by atoms with Crippen molar-refractivity contribution in [3.63, 3.8) is 0 Å². The van der Waals surface area contributed by atoms with E-state index in [1.807, 2.05) is 43.3 Å². The zero-order valence-electron chi connectivity index (χ0n) is 20.5. The van der Waals surface area contributed by atoms with Gasteiger partial charge >= 0.3 is 0 Å². The van der Waals surface area contributed by atoms with E-state index in [0.717, 1.165) is 16.9 Å². The van der Waals surface area contributed by atoms with Gasteiger partial charge in [0.25, 0.3) is 15.9 Å². The molecule has 0 fully saturated rings. The number of sulfonamides is 1. The number of hydrazone groups is 1. The molecule has 1 N–H and O–H groups in total. The summed E-state index contributed by atoms with van der Waals surface area (Å²) in [5.74, 6) is 0.329. The number of nitrogens with zero attached hydrogens (tertiary/aromatic N) is 2. The normalized spacial score (nSPS) is 11.3. The minimum absolute atomic E-state index is 0.194. The molecule has 0 aliphatic rings. The molecule has 0 unspecified atom stereocenters. The number of carbonyl (C=O) groups excluding carboxylic acids is 1. The van der Waals surface area contributed by atoms with Crippen LogP contribution in [0, 0.1) is 6.92 Å². The SMILES string of the molecule is Cc1ccc(COc2ccc(/C=N\NC(=O)c3ccc(N(C)S(=O)(=O)c4ccccc4)cc3)cc2)cc1. The number of benzene rings is 4. The van der Waals surface area contributed by atoms with Gasteiger partial charge in [-0.25, -0.2) is 13.8 Å². The lowest BCUT2D eigenvalue weighted by Crippen LogP contribution is -2.26. The molecular formula is C29H27N3O4S. The minimum Gasteiger partial charge on any atom is -0.489 e. The molecule has 0 aliphatic heterocycles. The Kier molecular flexibility index (Phi) is 8.00. The summed E-state index contributed by atoms with van der Waals surface area (Å²) in [4.78, 5) is 12.6. The molecule has 0 saturated carbocycles. The molecule has 0 spiro atoms. The second kappa shape index (κ2) is 11.5. The summed E-state index contributed by atoms with van der Waals surface area (Å²) in [6.45, 7) is 2.53. The Balaban J connectivity index is 1.30. The highest BCUT2D eigenvalue weighted by atomic mass is 32.2. The molecular weight excluding hydrogens is 486 g/mol. The van der Waals surface area contributed by atoms with Gasteiger partial charge in [-0.05, 0) is 78.7 Å². The van der Waals surface area contributed by atoms with Gasteiger partial charge in [-0.2, -0.15) is 5.10 Å². The number of carbonyl (C=O) groups is 1. The van der Waals surface area contributed by atoms with E-state index in [9.17, 15) is 13.2 Å². The van der Waals surface area contributed by atoms with Crippen LogP contribution in [0.25, 0.3) is 0 Å². The van der Waals surface area contributed by atoms with Crippen LogP contribution in [0.15, 0.2) is 113 Å². The summed E-state index contributed by atoms with van der Waals surface area (Å²) in [6, 6.07) is 30.0. The maximum Gasteiger partial charge on any atom is 0.271 e. The third kappa shape index (κ3) is 6.62. The predicted molar refractivity (Wildman–Crippen MR) is 145 cm³/mol. The van der Waals surface area contributed by atoms with Gasteiger partial charge in [0.05, 0.1) is 16.8 Å². The molecule has 0 aliphatic carbocycles. The monoisotopic (exact) mass is 513 g/mol. The maximum atomic E-state index is 12.8. The highest BCUT2D eigenvalue weighted by molar-refractivity contribution is 7.92. The van der Waals surface area contributed by atoms with Crippen molar-refractivity contribution in [3.8, 4) is 5.75 Å². The topological polar surface area (TPSA) is 88.1 Å². The smallest absolute Gasteiger partial charge is 0.271 e. The van der Waals surface area contributed by atoms with Crippen LogP contribution in [0.4, 0.5) is 5.69 Å². The van der Waals surface area contributed by atoms with Crippen molar-refractivity contribution in [2.24, 2.45) is 5.10 Å². The lowest BCUT2D eigenvalue weighted by molar-refractivity contribution is 0.0955. The van der Waals surface area contributed by atoms with E-state index < -0.39 is 15.9 Å². The summed E-state index contributed by atoms with van der Waals surface area (Å²) >= 11 is 0. The number of hydrogen-bond donors (Lipinski definition) is 1. The van der Waals surface area contributed by atoms with Gasteiger partial charge in [-0.3, -0.25) is 9.10 Å². The Morgan fingerprint density at radius 1 is 0.892 bits per heavy atom. The average molecular weight is 514 g/mol. The molecule has 4 aromatic carbocycles. The van der Waals surface area contributed by atoms with E-state index in [-0.39, 0.29) is 4.90 Å². The first-order valence-corrected chi connectivity index (χ1v) is 13.0. The van der Waals surface area contributed by atoms with Crippen LogP contribution in [0.1, 0.15) is 27.0 Å². The Labute approximate surface area is 217 Å². The Morgan fingerprint density at radius 3 is 2.19 bits per heavy atom. The van der Waals surface area contributed by atoms with Gasteiger partial charge < -0.3 is 4.74 Å². The fourth-order valence-electron chi connectivity index (χ4n) is 3.44. The first-order chi connectivity index (χ1) is 17.8. The van der Waals surface area contributed by atoms with Crippen LogP contribution in [0.2, 0.25) is 0 Å². The van der Waals surface area contributed by atoms with Crippen molar-refractivity contribution in [2.75, 3.05) is 11.4 Å². The summed E-state index contributed by atoms with van der Waals surface area (Å²) in [6.07, 6.45) is 1.54. The molecule has 0 heterocycles. The van der Waals surface area contributed by atoms with Gasteiger partial charge in [0.2, 0.25) is 0 Å². The number of amides is 1. The molecule has 0 bridgehead atoms. The van der Waals surface area contributed by atoms with Gasteiger partial charge in [-0.15, -0.1) is 0 Å². The lowest BCUT2D eigenvalue weighted by Gasteiger charge is -2.19. The number of aryl methyl sites for hydroxylation is 1. The number of hydrogen-bond acceptors (Lipinski definition) is 5. The molecule has 0 atom stereocenters. The molecule has 0 saturated heterocycles. The highest BCUT2D eigenvalue weighted by Gasteiger charge is 2.21. The fraction of sp³-hybridized carbons (Fsp3) is 0.103. The first-order valence-electron chi connectivity index (χ1n) is 11.6. The van der Waals surface area contributed by atoms with E-state index >= 15 is 0 Å². The molecule has 8 heteroatoms. The van der Waals surface area contributed by atoms with Crippen LogP contribution in [0.3, 0.4) is 0 Å². The second-order valence-corrected chi connectivity index (χ2v) is 10.3. The second-order valence-electron chi connectivity index (χ2n) is 8.37. The van der Waals surface area contributed by atoms with Crippen molar-refractivity contribution in [1.29, 1.82) is 0 Å². The van der Waals surface area contributed by atoms with Crippen LogP contribution in [-0.2, 0) is 16.6 Å². The number of rotatable bonds is 9. The molecule has 4 rings (SSSR count). The van der Waals surface area contributed by atoms with Gasteiger partial charge in [0, 0.05) is 12.6 Å². The van der Waals surface area contributed by atoms with Gasteiger partial charge in [0.15, 0.2) is 0 Å². The average Bonchev–Trinajstić information content (AvgIpc) is 2.93.